The number of benzene rings is 5. The van der Waals surface area contributed by atoms with E-state index in [1.165, 1.54) is 89.1 Å². The molecule has 0 spiro atoms. The Hall–Kier alpha value is -6.12. The molecule has 5 aliphatic carbocycles. The molecule has 260 valence electrons. The van der Waals surface area contributed by atoms with Gasteiger partial charge in [0.2, 0.25) is 0 Å². The Labute approximate surface area is 317 Å². The maximum absolute atomic E-state index is 6.62. The number of furan rings is 1. The Balaban J connectivity index is 0.00000110. The third kappa shape index (κ3) is 4.17. The lowest BCUT2D eigenvalue weighted by molar-refractivity contribution is 0.620. The van der Waals surface area contributed by atoms with Crippen LogP contribution in [0.25, 0.3) is 49.8 Å². The van der Waals surface area contributed by atoms with Gasteiger partial charge in [-0.25, -0.2) is 0 Å². The van der Waals surface area contributed by atoms with E-state index in [1.54, 1.807) is 6.08 Å². The topological polar surface area (TPSA) is 16.4 Å². The average molecular weight is 696 g/mol. The van der Waals surface area contributed by atoms with Gasteiger partial charge in [-0.05, 0) is 111 Å². The van der Waals surface area contributed by atoms with Crippen molar-refractivity contribution in [2.45, 2.75) is 38.5 Å². The largest absolute Gasteiger partial charge is 0.456 e. The van der Waals surface area contributed by atoms with E-state index in [2.05, 4.69) is 171 Å². The van der Waals surface area contributed by atoms with Crippen LogP contribution in [0.15, 0.2) is 168 Å². The molecule has 3 atom stereocenters. The zero-order valence-electron chi connectivity index (χ0n) is 30.9. The number of rotatable bonds is 2. The number of fused-ring (bicyclic) bond motifs is 13. The molecule has 2 nitrogen and oxygen atoms in total. The van der Waals surface area contributed by atoms with Gasteiger partial charge in [-0.2, -0.15) is 0 Å². The van der Waals surface area contributed by atoms with Crippen LogP contribution in [0.1, 0.15) is 66.5 Å². The smallest absolute Gasteiger partial charge is 0.140 e. The highest BCUT2D eigenvalue weighted by Crippen LogP contribution is 2.59. The fraction of sp³-hybridized carbons (Fsp3) is 0.154. The summed E-state index contributed by atoms with van der Waals surface area (Å²) in [7, 11) is 0. The van der Waals surface area contributed by atoms with E-state index >= 15 is 0 Å². The van der Waals surface area contributed by atoms with Gasteiger partial charge in [0.1, 0.15) is 11.2 Å². The molecule has 1 aliphatic heterocycles. The summed E-state index contributed by atoms with van der Waals surface area (Å²) < 4.78 is 6.62. The maximum atomic E-state index is 6.62. The molecule has 54 heavy (non-hydrogen) atoms. The van der Waals surface area contributed by atoms with E-state index in [1.807, 2.05) is 6.92 Å². The second-order valence-corrected chi connectivity index (χ2v) is 15.9. The first-order valence-corrected chi connectivity index (χ1v) is 19.4. The van der Waals surface area contributed by atoms with Gasteiger partial charge in [-0.3, -0.25) is 0 Å². The quantitative estimate of drug-likeness (QED) is 0.168. The first kappa shape index (κ1) is 31.4. The molecule has 0 saturated carbocycles. The lowest BCUT2D eigenvalue weighted by Crippen LogP contribution is -2.19. The Morgan fingerprint density at radius 2 is 1.48 bits per heavy atom. The van der Waals surface area contributed by atoms with Crippen LogP contribution in [0.2, 0.25) is 0 Å². The number of hydrogen-bond donors (Lipinski definition) is 0. The molecule has 0 bridgehead atoms. The molecule has 0 amide bonds. The summed E-state index contributed by atoms with van der Waals surface area (Å²) in [4.78, 5) is 2.53. The number of para-hydroxylation sites is 1. The van der Waals surface area contributed by atoms with E-state index in [9.17, 15) is 0 Å². The summed E-state index contributed by atoms with van der Waals surface area (Å²) in [6.07, 6.45) is 21.4. The number of hydrogen-bond acceptors (Lipinski definition) is 2. The Morgan fingerprint density at radius 3 is 2.30 bits per heavy atom. The summed E-state index contributed by atoms with van der Waals surface area (Å²) in [5, 5.41) is 2.39. The molecule has 5 aromatic carbocycles. The van der Waals surface area contributed by atoms with Crippen molar-refractivity contribution in [3.63, 3.8) is 0 Å². The molecule has 0 saturated heterocycles. The molecule has 3 unspecified atom stereocenters. The van der Waals surface area contributed by atoms with Gasteiger partial charge in [0.25, 0.3) is 0 Å². The number of allylic oxidation sites excluding steroid dienone is 13. The van der Waals surface area contributed by atoms with Crippen LogP contribution in [0.4, 0.5) is 11.4 Å². The van der Waals surface area contributed by atoms with Crippen LogP contribution in [0.5, 0.6) is 0 Å². The monoisotopic (exact) mass is 695 g/mol. The standard InChI is InChI=1S/C49H35NO.C3H6/c1-49(2)42-27-44-41(26-40(42)38-24-25-39-34-13-6-8-17-45(34)51-48(39)47(38)49)33-12-5-7-16-43(33)50(44)29-20-18-28(19-21-29)30-22-23-37-32-11-4-3-10-31(32)36-15-9-14-35(30)46(36)37;1-3-2/h3-11,13-27,33,35,46H,12H2,1-2H3;3H,1H2,2H3. The van der Waals surface area contributed by atoms with Gasteiger partial charge in [-0.15, -0.1) is 6.58 Å². The molecular formula is C52H41NO. The summed E-state index contributed by atoms with van der Waals surface area (Å²) >= 11 is 0. The van der Waals surface area contributed by atoms with Gasteiger partial charge in [-0.1, -0.05) is 123 Å². The van der Waals surface area contributed by atoms with Crippen LogP contribution in [0.3, 0.4) is 0 Å². The van der Waals surface area contributed by atoms with Crippen LogP contribution in [-0.4, -0.2) is 0 Å². The van der Waals surface area contributed by atoms with Crippen molar-refractivity contribution in [1.82, 2.24) is 0 Å². The van der Waals surface area contributed by atoms with Crippen LogP contribution in [-0.2, 0) is 5.41 Å². The Kier molecular flexibility index (Phi) is 6.65. The highest BCUT2D eigenvalue weighted by atomic mass is 16.3. The first-order valence-electron chi connectivity index (χ1n) is 19.4. The minimum atomic E-state index is -0.205. The molecule has 2 heterocycles. The van der Waals surface area contributed by atoms with Crippen molar-refractivity contribution < 1.29 is 4.42 Å². The summed E-state index contributed by atoms with van der Waals surface area (Å²) in [6.45, 7) is 10.00. The summed E-state index contributed by atoms with van der Waals surface area (Å²) in [5.74, 6) is 1.08. The second-order valence-electron chi connectivity index (χ2n) is 15.9. The van der Waals surface area contributed by atoms with Gasteiger partial charge >= 0.3 is 0 Å². The minimum Gasteiger partial charge on any atom is -0.456 e. The van der Waals surface area contributed by atoms with E-state index in [0.29, 0.717) is 17.8 Å². The highest BCUT2D eigenvalue weighted by Gasteiger charge is 2.44. The van der Waals surface area contributed by atoms with Crippen LogP contribution < -0.4 is 4.90 Å². The molecule has 0 fully saturated rings. The lowest BCUT2D eigenvalue weighted by Gasteiger charge is -2.32. The van der Waals surface area contributed by atoms with Crippen molar-refractivity contribution in [3.8, 4) is 11.1 Å². The highest BCUT2D eigenvalue weighted by molar-refractivity contribution is 6.09. The SMILES string of the molecule is C=CC.CC1(C)c2cc3c(cc2-c2ccc4c(oc5ccccc54)c21)C1CC=CC=C1N3c1ccc(C2=CC=C3c4ccccc4C4=CC=CC2C43)cc1. The van der Waals surface area contributed by atoms with E-state index < -0.39 is 0 Å². The van der Waals surface area contributed by atoms with Gasteiger partial charge in [0.15, 0.2) is 0 Å². The predicted molar refractivity (Wildman–Crippen MR) is 227 cm³/mol. The zero-order valence-corrected chi connectivity index (χ0v) is 30.9. The molecule has 12 rings (SSSR count). The minimum absolute atomic E-state index is 0.205. The maximum Gasteiger partial charge on any atom is 0.140 e. The Bertz CT molecular complexity index is 2810. The van der Waals surface area contributed by atoms with Crippen molar-refractivity contribution >= 4 is 50.0 Å². The van der Waals surface area contributed by atoms with Gasteiger partial charge in [0, 0.05) is 50.9 Å². The van der Waals surface area contributed by atoms with E-state index in [-0.39, 0.29) is 5.41 Å². The van der Waals surface area contributed by atoms with Gasteiger partial charge in [0.05, 0.1) is 5.69 Å². The average Bonchev–Trinajstić information content (AvgIpc) is 3.91. The molecular weight excluding hydrogens is 655 g/mol. The van der Waals surface area contributed by atoms with Crippen LogP contribution in [0, 0.1) is 11.8 Å². The second kappa shape index (κ2) is 11.4. The molecule has 6 aliphatic rings. The summed E-state index contributed by atoms with van der Waals surface area (Å²) in [5.41, 5.74) is 20.8. The molecule has 2 heteroatoms. The fourth-order valence-corrected chi connectivity index (χ4v) is 10.5. The van der Waals surface area contributed by atoms with E-state index in [4.69, 9.17) is 4.42 Å². The first-order chi connectivity index (χ1) is 26.5. The normalized spacial score (nSPS) is 21.5. The van der Waals surface area contributed by atoms with Crippen LogP contribution >= 0.6 is 0 Å². The van der Waals surface area contributed by atoms with Gasteiger partial charge < -0.3 is 9.32 Å². The third-order valence-corrected chi connectivity index (χ3v) is 12.7. The molecule has 0 N–H and O–H groups in total. The number of anilines is 2. The molecule has 1 aromatic heterocycles. The van der Waals surface area contributed by atoms with Crippen molar-refractivity contribution in [3.05, 3.63) is 197 Å². The fourth-order valence-electron chi connectivity index (χ4n) is 10.5. The Morgan fingerprint density at radius 1 is 0.741 bits per heavy atom. The molecule has 6 aromatic rings. The number of nitrogens with zero attached hydrogens (tertiary/aromatic N) is 1. The predicted octanol–water partition coefficient (Wildman–Crippen LogP) is 13.8. The van der Waals surface area contributed by atoms with E-state index in [0.717, 1.165) is 17.6 Å². The lowest BCUT2D eigenvalue weighted by atomic mass is 9.72. The zero-order chi connectivity index (χ0) is 36.3. The van der Waals surface area contributed by atoms with Crippen molar-refractivity contribution in [1.29, 1.82) is 0 Å². The third-order valence-electron chi connectivity index (χ3n) is 12.7. The summed E-state index contributed by atoms with van der Waals surface area (Å²) in [6, 6.07) is 36.4. The molecule has 0 radical (unpaired) electrons. The van der Waals surface area contributed by atoms with Crippen molar-refractivity contribution in [2.24, 2.45) is 11.8 Å². The van der Waals surface area contributed by atoms with Crippen molar-refractivity contribution in [2.75, 3.05) is 4.90 Å².